The first kappa shape index (κ1) is 19.6. The Balaban J connectivity index is 1.83. The summed E-state index contributed by atoms with van der Waals surface area (Å²) in [6.07, 6.45) is 2.42. The summed E-state index contributed by atoms with van der Waals surface area (Å²) in [6.45, 7) is 6.76. The molecule has 0 bridgehead atoms. The van der Waals surface area contributed by atoms with Crippen molar-refractivity contribution < 1.29 is 13.5 Å². The highest BCUT2D eigenvalue weighted by Gasteiger charge is 2.41. The topological polar surface area (TPSA) is 86.3 Å². The SMILES string of the molecule is CCS(=O)(=O)N1CCC(C(C)(C)[C@H](O)c2cc(Cl)cc3cn[nH]c23)CC1. The second-order valence-corrected chi connectivity index (χ2v) is 10.3. The zero-order valence-corrected chi connectivity index (χ0v) is 16.9. The van der Waals surface area contributed by atoms with Crippen LogP contribution < -0.4 is 0 Å². The quantitative estimate of drug-likeness (QED) is 0.807. The third-order valence-electron chi connectivity index (χ3n) is 5.81. The number of fused-ring (bicyclic) bond motifs is 1. The molecule has 0 spiro atoms. The third-order valence-corrected chi connectivity index (χ3v) is 7.91. The highest BCUT2D eigenvalue weighted by molar-refractivity contribution is 7.89. The van der Waals surface area contributed by atoms with Crippen molar-refractivity contribution in [1.82, 2.24) is 14.5 Å². The molecule has 1 aromatic heterocycles. The molecular formula is C18H26ClN3O3S. The molecule has 0 unspecified atom stereocenters. The van der Waals surface area contributed by atoms with Gasteiger partial charge in [-0.3, -0.25) is 5.10 Å². The summed E-state index contributed by atoms with van der Waals surface area (Å²) < 4.78 is 25.7. The van der Waals surface area contributed by atoms with Crippen LogP contribution in [0.3, 0.4) is 0 Å². The number of aliphatic hydroxyl groups is 1. The molecule has 0 saturated carbocycles. The summed E-state index contributed by atoms with van der Waals surface area (Å²) in [7, 11) is -3.15. The number of aliphatic hydroxyl groups excluding tert-OH is 1. The van der Waals surface area contributed by atoms with Crippen LogP contribution in [-0.4, -0.2) is 46.9 Å². The first-order chi connectivity index (χ1) is 12.2. The van der Waals surface area contributed by atoms with Gasteiger partial charge in [-0.2, -0.15) is 5.10 Å². The summed E-state index contributed by atoms with van der Waals surface area (Å²) in [4.78, 5) is 0. The minimum Gasteiger partial charge on any atom is -0.388 e. The maximum atomic E-state index is 12.1. The molecule has 0 amide bonds. The molecule has 144 valence electrons. The van der Waals surface area contributed by atoms with E-state index in [1.807, 2.05) is 19.9 Å². The van der Waals surface area contributed by atoms with Crippen molar-refractivity contribution in [1.29, 1.82) is 0 Å². The number of H-pyrrole nitrogens is 1. The molecule has 8 heteroatoms. The van der Waals surface area contributed by atoms with Gasteiger partial charge in [0.05, 0.1) is 23.6 Å². The molecular weight excluding hydrogens is 374 g/mol. The van der Waals surface area contributed by atoms with E-state index in [4.69, 9.17) is 11.6 Å². The van der Waals surface area contributed by atoms with Crippen LogP contribution in [0.2, 0.25) is 5.02 Å². The molecule has 2 heterocycles. The van der Waals surface area contributed by atoms with Gasteiger partial charge in [0.15, 0.2) is 0 Å². The molecule has 26 heavy (non-hydrogen) atoms. The van der Waals surface area contributed by atoms with Crippen molar-refractivity contribution in [2.24, 2.45) is 11.3 Å². The Morgan fingerprint density at radius 3 is 2.65 bits per heavy atom. The number of rotatable bonds is 5. The second-order valence-electron chi connectivity index (χ2n) is 7.63. The van der Waals surface area contributed by atoms with E-state index in [2.05, 4.69) is 10.2 Å². The maximum Gasteiger partial charge on any atom is 0.213 e. The zero-order chi connectivity index (χ0) is 19.1. The fraction of sp³-hybridized carbons (Fsp3) is 0.611. The van der Waals surface area contributed by atoms with Crippen LogP contribution in [0.4, 0.5) is 0 Å². The number of hydrogen-bond acceptors (Lipinski definition) is 4. The summed E-state index contributed by atoms with van der Waals surface area (Å²) in [5.74, 6) is 0.335. The van der Waals surface area contributed by atoms with E-state index in [0.717, 1.165) is 29.3 Å². The van der Waals surface area contributed by atoms with Gasteiger partial charge < -0.3 is 5.11 Å². The van der Waals surface area contributed by atoms with Gasteiger partial charge in [0, 0.05) is 29.1 Å². The molecule has 1 fully saturated rings. The van der Waals surface area contributed by atoms with Crippen molar-refractivity contribution in [3.8, 4) is 0 Å². The Kier molecular flexibility index (Phi) is 5.36. The Bertz CT molecular complexity index is 886. The van der Waals surface area contributed by atoms with Crippen LogP contribution in [0.25, 0.3) is 10.9 Å². The van der Waals surface area contributed by atoms with E-state index < -0.39 is 21.5 Å². The van der Waals surface area contributed by atoms with Crippen molar-refractivity contribution >= 4 is 32.5 Å². The van der Waals surface area contributed by atoms with Crippen LogP contribution in [-0.2, 0) is 10.0 Å². The lowest BCUT2D eigenvalue weighted by Gasteiger charge is -2.43. The van der Waals surface area contributed by atoms with Crippen LogP contribution in [0.5, 0.6) is 0 Å². The van der Waals surface area contributed by atoms with Gasteiger partial charge >= 0.3 is 0 Å². The largest absolute Gasteiger partial charge is 0.388 e. The molecule has 1 aromatic carbocycles. The monoisotopic (exact) mass is 399 g/mol. The summed E-state index contributed by atoms with van der Waals surface area (Å²) in [5.41, 5.74) is 1.10. The van der Waals surface area contributed by atoms with Crippen LogP contribution in [0, 0.1) is 11.3 Å². The normalized spacial score (nSPS) is 19.1. The fourth-order valence-corrected chi connectivity index (χ4v) is 5.31. The van der Waals surface area contributed by atoms with Gasteiger partial charge in [-0.05, 0) is 43.2 Å². The Labute approximate surface area is 159 Å². The van der Waals surface area contributed by atoms with E-state index in [1.165, 1.54) is 0 Å². The number of nitrogens with zero attached hydrogens (tertiary/aromatic N) is 2. The Morgan fingerprint density at radius 1 is 1.38 bits per heavy atom. The van der Waals surface area contributed by atoms with Crippen molar-refractivity contribution in [2.45, 2.75) is 39.7 Å². The van der Waals surface area contributed by atoms with Gasteiger partial charge in [0.1, 0.15) is 0 Å². The molecule has 2 N–H and O–H groups in total. The van der Waals surface area contributed by atoms with Crippen LogP contribution >= 0.6 is 11.6 Å². The molecule has 6 nitrogen and oxygen atoms in total. The third kappa shape index (κ3) is 3.50. The highest BCUT2D eigenvalue weighted by atomic mass is 35.5. The summed E-state index contributed by atoms with van der Waals surface area (Å²) in [5, 5.41) is 19.6. The highest BCUT2D eigenvalue weighted by Crippen LogP contribution is 2.46. The van der Waals surface area contributed by atoms with E-state index >= 15 is 0 Å². The Hall–Kier alpha value is -1.15. The predicted octanol–water partition coefficient (Wildman–Crippen LogP) is 3.34. The van der Waals surface area contributed by atoms with Gasteiger partial charge in [0.25, 0.3) is 0 Å². The van der Waals surface area contributed by atoms with Gasteiger partial charge in [0.2, 0.25) is 10.0 Å². The number of sulfonamides is 1. The number of hydrogen-bond donors (Lipinski definition) is 2. The number of aromatic nitrogens is 2. The van der Waals surface area contributed by atoms with E-state index in [0.29, 0.717) is 18.1 Å². The zero-order valence-electron chi connectivity index (χ0n) is 15.4. The molecule has 1 aliphatic rings. The van der Waals surface area contributed by atoms with Crippen LogP contribution in [0.15, 0.2) is 18.3 Å². The molecule has 2 aromatic rings. The summed E-state index contributed by atoms with van der Waals surface area (Å²) in [6, 6.07) is 3.60. The standard InChI is InChI=1S/C18H26ClN3O3S/c1-4-26(24,25)22-7-5-13(6-8-22)18(2,3)17(23)15-10-14(19)9-12-11-20-21-16(12)15/h9-11,13,17,23H,4-8H2,1-3H3,(H,20,21)/t17-/m1/s1. The maximum absolute atomic E-state index is 12.1. The average molecular weight is 400 g/mol. The number of nitrogens with one attached hydrogen (secondary N) is 1. The Morgan fingerprint density at radius 2 is 2.04 bits per heavy atom. The molecule has 3 rings (SSSR count). The van der Waals surface area contributed by atoms with Crippen LogP contribution in [0.1, 0.15) is 45.3 Å². The number of piperidine rings is 1. The number of halogens is 1. The van der Waals surface area contributed by atoms with Gasteiger partial charge in [-0.1, -0.05) is 25.4 Å². The molecule has 0 radical (unpaired) electrons. The molecule has 1 aliphatic heterocycles. The van der Waals surface area contributed by atoms with Crippen molar-refractivity contribution in [3.63, 3.8) is 0 Å². The first-order valence-electron chi connectivity index (χ1n) is 8.95. The summed E-state index contributed by atoms with van der Waals surface area (Å²) >= 11 is 6.22. The number of benzene rings is 1. The van der Waals surface area contributed by atoms with Crippen molar-refractivity contribution in [3.05, 3.63) is 28.9 Å². The fourth-order valence-electron chi connectivity index (χ4n) is 3.95. The molecule has 0 aliphatic carbocycles. The van der Waals surface area contributed by atoms with E-state index in [-0.39, 0.29) is 11.7 Å². The second kappa shape index (κ2) is 7.11. The average Bonchev–Trinajstić information content (AvgIpc) is 3.08. The lowest BCUT2D eigenvalue weighted by atomic mass is 9.68. The minimum absolute atomic E-state index is 0.129. The molecule has 1 atom stereocenters. The van der Waals surface area contributed by atoms with Gasteiger partial charge in [-0.15, -0.1) is 0 Å². The van der Waals surface area contributed by atoms with Gasteiger partial charge in [-0.25, -0.2) is 12.7 Å². The molecule has 1 saturated heterocycles. The van der Waals surface area contributed by atoms with Crippen molar-refractivity contribution in [2.75, 3.05) is 18.8 Å². The predicted molar refractivity (Wildman–Crippen MR) is 104 cm³/mol. The van der Waals surface area contributed by atoms with E-state index in [1.54, 1.807) is 23.5 Å². The number of aromatic amines is 1. The minimum atomic E-state index is -3.15. The lowest BCUT2D eigenvalue weighted by Crippen LogP contribution is -2.44. The lowest BCUT2D eigenvalue weighted by molar-refractivity contribution is -0.0113. The first-order valence-corrected chi connectivity index (χ1v) is 10.9. The smallest absolute Gasteiger partial charge is 0.213 e. The van der Waals surface area contributed by atoms with E-state index in [9.17, 15) is 13.5 Å².